The second-order valence-corrected chi connectivity index (χ2v) is 7.68. The van der Waals surface area contributed by atoms with E-state index in [1.54, 1.807) is 36.4 Å². The fourth-order valence-electron chi connectivity index (χ4n) is 4.13. The molecule has 0 spiro atoms. The van der Waals surface area contributed by atoms with E-state index in [0.717, 1.165) is 38.5 Å². The fraction of sp³-hybridized carbons (Fsp3) is 0.120. The Hall–Kier alpha value is -4.06. The molecule has 6 nitrogen and oxygen atoms in total. The number of ketones is 1. The van der Waals surface area contributed by atoms with Gasteiger partial charge in [-0.05, 0) is 40.3 Å². The molecule has 3 aromatic rings. The molecule has 1 fully saturated rings. The zero-order chi connectivity index (χ0) is 21.5. The van der Waals surface area contributed by atoms with Gasteiger partial charge in [0.2, 0.25) is 0 Å². The largest absolute Gasteiger partial charge is 0.334 e. The van der Waals surface area contributed by atoms with Gasteiger partial charge in [0.15, 0.2) is 5.78 Å². The molecule has 0 N–H and O–H groups in total. The Kier molecular flexibility index (Phi) is 4.47. The summed E-state index contributed by atoms with van der Waals surface area (Å²) in [6.45, 7) is -0.473. The maximum atomic E-state index is 12.9. The van der Waals surface area contributed by atoms with Crippen molar-refractivity contribution in [1.82, 2.24) is 9.80 Å². The van der Waals surface area contributed by atoms with Crippen molar-refractivity contribution < 1.29 is 19.2 Å². The van der Waals surface area contributed by atoms with Crippen LogP contribution in [0.5, 0.6) is 0 Å². The Morgan fingerprint density at radius 1 is 0.742 bits per heavy atom. The van der Waals surface area contributed by atoms with Crippen LogP contribution in [0.25, 0.3) is 11.1 Å². The lowest BCUT2D eigenvalue weighted by molar-refractivity contribution is -0.143. The molecule has 1 heterocycles. The van der Waals surface area contributed by atoms with Gasteiger partial charge in [-0.1, -0.05) is 66.7 Å². The molecule has 1 saturated heterocycles. The average Bonchev–Trinajstić information content (AvgIpc) is 3.26. The summed E-state index contributed by atoms with van der Waals surface area (Å²) >= 11 is 0. The molecular formula is C25H18N2O4. The first-order chi connectivity index (χ1) is 15.0. The summed E-state index contributed by atoms with van der Waals surface area (Å²) in [5.74, 6) is -2.27. The van der Waals surface area contributed by atoms with E-state index in [0.29, 0.717) is 5.56 Å². The van der Waals surface area contributed by atoms with Crippen LogP contribution < -0.4 is 0 Å². The quantitative estimate of drug-likeness (QED) is 0.287. The predicted molar refractivity (Wildman–Crippen MR) is 113 cm³/mol. The molecule has 6 heteroatoms. The summed E-state index contributed by atoms with van der Waals surface area (Å²) in [6, 6.07) is 21.6. The maximum Gasteiger partial charge on any atom is 0.334 e. The Morgan fingerprint density at radius 2 is 1.42 bits per heavy atom. The number of hydrogen-bond acceptors (Lipinski definition) is 4. The standard InChI is InChI=1S/C25H18N2O4/c28-22(19-11-10-18-12-17-8-4-5-9-20(17)21(18)13-19)15-27-24(30)23(29)26(25(27)31)14-16-6-2-1-3-7-16/h1-11,13H,12,14-15H2. The summed E-state index contributed by atoms with van der Waals surface area (Å²) < 4.78 is 0. The first kappa shape index (κ1) is 18.9. The summed E-state index contributed by atoms with van der Waals surface area (Å²) in [6.07, 6.45) is 0.812. The van der Waals surface area contributed by atoms with Crippen LogP contribution in [0.1, 0.15) is 27.0 Å². The minimum absolute atomic E-state index is 0.00936. The highest BCUT2D eigenvalue weighted by atomic mass is 16.2. The molecule has 2 aliphatic rings. The van der Waals surface area contributed by atoms with Crippen LogP contribution in [0.15, 0.2) is 72.8 Å². The average molecular weight is 410 g/mol. The molecule has 0 atom stereocenters. The topological polar surface area (TPSA) is 74.8 Å². The van der Waals surface area contributed by atoms with Crippen molar-refractivity contribution in [3.8, 4) is 11.1 Å². The first-order valence-corrected chi connectivity index (χ1v) is 9.98. The molecule has 0 aromatic heterocycles. The zero-order valence-corrected chi connectivity index (χ0v) is 16.6. The number of urea groups is 1. The molecule has 31 heavy (non-hydrogen) atoms. The number of fused-ring (bicyclic) bond motifs is 3. The Labute approximate surface area is 178 Å². The summed E-state index contributed by atoms with van der Waals surface area (Å²) in [5, 5.41) is 0. The summed E-state index contributed by atoms with van der Waals surface area (Å²) in [7, 11) is 0. The zero-order valence-electron chi connectivity index (χ0n) is 16.6. The fourth-order valence-corrected chi connectivity index (χ4v) is 4.13. The third-order valence-electron chi connectivity index (χ3n) is 5.74. The van der Waals surface area contributed by atoms with Gasteiger partial charge in [0.05, 0.1) is 13.1 Å². The number of carbonyl (C=O) groups excluding carboxylic acids is 4. The Bertz CT molecular complexity index is 1250. The Morgan fingerprint density at radius 3 is 2.23 bits per heavy atom. The number of rotatable bonds is 5. The number of carbonyl (C=O) groups is 4. The van der Waals surface area contributed by atoms with Crippen LogP contribution >= 0.6 is 0 Å². The number of Topliss-reactive ketones (excluding diaryl/α,β-unsaturated/α-hetero) is 1. The number of amides is 4. The van der Waals surface area contributed by atoms with Gasteiger partial charge in [-0.3, -0.25) is 19.3 Å². The van der Waals surface area contributed by atoms with Crippen LogP contribution in [0.3, 0.4) is 0 Å². The molecule has 5 rings (SSSR count). The van der Waals surface area contributed by atoms with Gasteiger partial charge in [-0.25, -0.2) is 9.69 Å². The molecule has 0 saturated carbocycles. The third-order valence-corrected chi connectivity index (χ3v) is 5.74. The highest BCUT2D eigenvalue weighted by molar-refractivity contribution is 6.45. The van der Waals surface area contributed by atoms with Gasteiger partial charge in [0, 0.05) is 5.56 Å². The molecule has 0 unspecified atom stereocenters. The van der Waals surface area contributed by atoms with E-state index in [-0.39, 0.29) is 12.3 Å². The summed E-state index contributed by atoms with van der Waals surface area (Å²) in [4.78, 5) is 52.0. The number of benzene rings is 3. The number of hydrogen-bond donors (Lipinski definition) is 0. The van der Waals surface area contributed by atoms with Crippen LogP contribution in [0.4, 0.5) is 4.79 Å². The van der Waals surface area contributed by atoms with Gasteiger partial charge in [-0.2, -0.15) is 0 Å². The summed E-state index contributed by atoms with van der Waals surface area (Å²) in [5.41, 5.74) is 5.55. The molecular weight excluding hydrogens is 392 g/mol. The van der Waals surface area contributed by atoms with E-state index >= 15 is 0 Å². The van der Waals surface area contributed by atoms with E-state index in [2.05, 4.69) is 6.07 Å². The van der Waals surface area contributed by atoms with E-state index in [1.165, 1.54) is 5.56 Å². The maximum absolute atomic E-state index is 12.9. The third kappa shape index (κ3) is 3.22. The molecule has 1 aliphatic heterocycles. The monoisotopic (exact) mass is 410 g/mol. The van der Waals surface area contributed by atoms with Crippen molar-refractivity contribution in [1.29, 1.82) is 0 Å². The molecule has 3 aromatic carbocycles. The first-order valence-electron chi connectivity index (χ1n) is 9.98. The second kappa shape index (κ2) is 7.32. The predicted octanol–water partition coefficient (Wildman–Crippen LogP) is 3.43. The number of imide groups is 2. The lowest BCUT2D eigenvalue weighted by atomic mass is 10.0. The van der Waals surface area contributed by atoms with Crippen molar-refractivity contribution in [3.05, 3.63) is 95.1 Å². The Balaban J connectivity index is 1.36. The molecule has 4 amide bonds. The van der Waals surface area contributed by atoms with E-state index < -0.39 is 24.4 Å². The lowest BCUT2D eigenvalue weighted by Gasteiger charge is -2.15. The van der Waals surface area contributed by atoms with E-state index in [1.807, 2.05) is 30.3 Å². The van der Waals surface area contributed by atoms with Crippen molar-refractivity contribution in [2.24, 2.45) is 0 Å². The van der Waals surface area contributed by atoms with Crippen LogP contribution in [-0.4, -0.2) is 40.0 Å². The van der Waals surface area contributed by atoms with Crippen molar-refractivity contribution in [2.75, 3.05) is 6.54 Å². The van der Waals surface area contributed by atoms with Gasteiger partial charge in [0.25, 0.3) is 0 Å². The highest BCUT2D eigenvalue weighted by Gasteiger charge is 2.45. The SMILES string of the molecule is O=C(CN1C(=O)C(=O)N(Cc2ccccc2)C1=O)c1ccc2c(c1)-c1ccccc1C2. The smallest absolute Gasteiger partial charge is 0.292 e. The second-order valence-electron chi connectivity index (χ2n) is 7.68. The van der Waals surface area contributed by atoms with Crippen LogP contribution in [-0.2, 0) is 22.6 Å². The van der Waals surface area contributed by atoms with Crippen molar-refractivity contribution in [3.63, 3.8) is 0 Å². The normalized spacial score (nSPS) is 14.8. The van der Waals surface area contributed by atoms with Gasteiger partial charge < -0.3 is 0 Å². The van der Waals surface area contributed by atoms with E-state index in [4.69, 9.17) is 0 Å². The lowest BCUT2D eigenvalue weighted by Crippen LogP contribution is -2.36. The van der Waals surface area contributed by atoms with Gasteiger partial charge in [0.1, 0.15) is 0 Å². The minimum atomic E-state index is -0.971. The molecule has 0 bridgehead atoms. The van der Waals surface area contributed by atoms with Crippen LogP contribution in [0.2, 0.25) is 0 Å². The van der Waals surface area contributed by atoms with Crippen LogP contribution in [0, 0.1) is 0 Å². The molecule has 1 aliphatic carbocycles. The molecule has 152 valence electrons. The number of nitrogens with zero attached hydrogens (tertiary/aromatic N) is 2. The van der Waals surface area contributed by atoms with E-state index in [9.17, 15) is 19.2 Å². The molecule has 0 radical (unpaired) electrons. The minimum Gasteiger partial charge on any atom is -0.292 e. The van der Waals surface area contributed by atoms with Gasteiger partial charge in [-0.15, -0.1) is 0 Å². The van der Waals surface area contributed by atoms with Crippen molar-refractivity contribution in [2.45, 2.75) is 13.0 Å². The van der Waals surface area contributed by atoms with Gasteiger partial charge >= 0.3 is 17.8 Å². The van der Waals surface area contributed by atoms with Crippen molar-refractivity contribution >= 4 is 23.6 Å². The highest BCUT2D eigenvalue weighted by Crippen LogP contribution is 2.37.